The number of nitrogens with one attached hydrogen (secondary N) is 3. The van der Waals surface area contributed by atoms with Crippen LogP contribution in [0.4, 0.5) is 0 Å². The molecule has 1 unspecified atom stereocenters. The average Bonchev–Trinajstić information content (AvgIpc) is 3.24. The fourth-order valence-electron chi connectivity index (χ4n) is 4.42. The number of hydrogen-bond donors (Lipinski definition) is 6. The number of primary amides is 2. The van der Waals surface area contributed by atoms with E-state index < -0.39 is 53.8 Å². The molecule has 0 saturated carbocycles. The monoisotopic (exact) mass is 506 g/mol. The minimum absolute atomic E-state index is 0.0123. The maximum absolute atomic E-state index is 13.3. The SMILES string of the molecule is NC(=O)C[C@H](NC(=O)c1ccc2ccccc2n1)C(=O)N[C@H]1C(c2ccccc2)CN[C@]1(O)C(=O)[NH2+][O-]. The van der Waals surface area contributed by atoms with Crippen LogP contribution >= 0.6 is 0 Å². The number of nitrogens with two attached hydrogens (primary N) is 2. The van der Waals surface area contributed by atoms with Crippen LogP contribution in [0.25, 0.3) is 10.9 Å². The van der Waals surface area contributed by atoms with Crippen LogP contribution in [0.5, 0.6) is 0 Å². The maximum Gasteiger partial charge on any atom is 0.359 e. The molecule has 8 N–H and O–H groups in total. The molecule has 2 aromatic carbocycles. The topological polar surface area (TPSA) is 203 Å². The quantitative estimate of drug-likeness (QED) is 0.195. The molecule has 4 amide bonds. The lowest BCUT2D eigenvalue weighted by atomic mass is 9.88. The van der Waals surface area contributed by atoms with Gasteiger partial charge in [-0.1, -0.05) is 54.6 Å². The number of para-hydroxylation sites is 1. The van der Waals surface area contributed by atoms with Gasteiger partial charge in [0.15, 0.2) is 0 Å². The molecule has 3 aromatic rings. The number of carbonyl (C=O) groups excluding carboxylic acids is 4. The van der Waals surface area contributed by atoms with Crippen LogP contribution < -0.4 is 27.2 Å². The summed E-state index contributed by atoms with van der Waals surface area (Å²) in [6.45, 7) is 0.0683. The lowest BCUT2D eigenvalue weighted by Gasteiger charge is -2.31. The van der Waals surface area contributed by atoms with Gasteiger partial charge >= 0.3 is 5.91 Å². The molecule has 0 bridgehead atoms. The summed E-state index contributed by atoms with van der Waals surface area (Å²) in [5.74, 6) is -4.25. The number of hydroxylamine groups is 1. The molecule has 192 valence electrons. The molecule has 0 spiro atoms. The molecule has 1 saturated heterocycles. The van der Waals surface area contributed by atoms with E-state index in [2.05, 4.69) is 20.9 Å². The largest absolute Gasteiger partial charge is 0.628 e. The standard InChI is InChI=1S/C25H26N6O6/c26-20(32)12-19(29-22(33)18-11-10-15-8-4-5-9-17(15)28-18)23(34)30-21-16(14-6-2-1-3-7-14)13-27-25(21,36)24(35)31-37/h1-11,16,19,21,27,36H,12-13,31H2,(H2,26,32)(H,29,33)(H,30,34)/t16?,19-,21-,25+/m0/s1. The Kier molecular flexibility index (Phi) is 7.55. The summed E-state index contributed by atoms with van der Waals surface area (Å²) in [7, 11) is 0. The molecule has 4 rings (SSSR count). The molecule has 37 heavy (non-hydrogen) atoms. The van der Waals surface area contributed by atoms with E-state index in [1.807, 2.05) is 12.1 Å². The molecule has 12 heteroatoms. The normalized spacial score (nSPS) is 21.8. The molecule has 12 nitrogen and oxygen atoms in total. The van der Waals surface area contributed by atoms with Gasteiger partial charge in [-0.2, -0.15) is 0 Å². The van der Waals surface area contributed by atoms with Gasteiger partial charge < -0.3 is 32.2 Å². The third kappa shape index (κ3) is 5.47. The Hall–Kier alpha value is -4.23. The Morgan fingerprint density at radius 1 is 1.11 bits per heavy atom. The van der Waals surface area contributed by atoms with Crippen LogP contribution in [-0.4, -0.2) is 58.1 Å². The third-order valence-electron chi connectivity index (χ3n) is 6.31. The Balaban J connectivity index is 1.59. The Bertz CT molecular complexity index is 1340. The second kappa shape index (κ2) is 10.8. The summed E-state index contributed by atoms with van der Waals surface area (Å²) >= 11 is 0. The number of aliphatic hydroxyl groups is 1. The Labute approximate surface area is 211 Å². The van der Waals surface area contributed by atoms with Crippen molar-refractivity contribution in [3.8, 4) is 0 Å². The molecule has 0 aliphatic carbocycles. The van der Waals surface area contributed by atoms with Crippen LogP contribution in [-0.2, 0) is 14.4 Å². The molecule has 1 aliphatic rings. The fraction of sp³-hybridized carbons (Fsp3) is 0.240. The van der Waals surface area contributed by atoms with E-state index >= 15 is 0 Å². The highest BCUT2D eigenvalue weighted by atomic mass is 16.5. The van der Waals surface area contributed by atoms with E-state index in [0.717, 1.165) is 5.39 Å². The molecule has 0 radical (unpaired) electrons. The maximum atomic E-state index is 13.3. The van der Waals surface area contributed by atoms with E-state index in [-0.39, 0.29) is 17.7 Å². The van der Waals surface area contributed by atoms with Crippen molar-refractivity contribution in [1.29, 1.82) is 0 Å². The number of carbonyl (C=O) groups is 4. The lowest BCUT2D eigenvalue weighted by Crippen LogP contribution is -2.90. The number of aromatic nitrogens is 1. The number of quaternary nitrogens is 1. The van der Waals surface area contributed by atoms with Crippen LogP contribution in [0.15, 0.2) is 66.7 Å². The minimum atomic E-state index is -2.39. The first-order chi connectivity index (χ1) is 17.7. The molecule has 2 heterocycles. The van der Waals surface area contributed by atoms with Crippen molar-refractivity contribution in [2.75, 3.05) is 6.54 Å². The Morgan fingerprint density at radius 2 is 1.81 bits per heavy atom. The molecule has 1 aliphatic heterocycles. The van der Waals surface area contributed by atoms with Crippen molar-refractivity contribution in [1.82, 2.24) is 20.9 Å². The first kappa shape index (κ1) is 25.9. The highest BCUT2D eigenvalue weighted by Crippen LogP contribution is 2.31. The summed E-state index contributed by atoms with van der Waals surface area (Å²) in [6.07, 6.45) is -0.554. The molecule has 1 aromatic heterocycles. The van der Waals surface area contributed by atoms with Crippen molar-refractivity contribution in [3.05, 3.63) is 83.2 Å². The van der Waals surface area contributed by atoms with Gasteiger partial charge in [-0.25, -0.2) is 9.78 Å². The van der Waals surface area contributed by atoms with Gasteiger partial charge in [0.25, 0.3) is 11.6 Å². The first-order valence-electron chi connectivity index (χ1n) is 11.5. The van der Waals surface area contributed by atoms with Crippen LogP contribution in [0.2, 0.25) is 0 Å². The molecular formula is C25H26N6O6. The van der Waals surface area contributed by atoms with E-state index in [9.17, 15) is 29.5 Å². The zero-order valence-corrected chi connectivity index (χ0v) is 19.6. The second-order valence-electron chi connectivity index (χ2n) is 8.72. The first-order valence-corrected chi connectivity index (χ1v) is 11.5. The summed E-state index contributed by atoms with van der Waals surface area (Å²) in [6, 6.07) is 16.4. The summed E-state index contributed by atoms with van der Waals surface area (Å²) in [5.41, 5.74) is 4.16. The van der Waals surface area contributed by atoms with Crippen LogP contribution in [0.3, 0.4) is 0 Å². The third-order valence-corrected chi connectivity index (χ3v) is 6.31. The van der Waals surface area contributed by atoms with E-state index in [1.165, 1.54) is 6.07 Å². The highest BCUT2D eigenvalue weighted by Gasteiger charge is 2.55. The Morgan fingerprint density at radius 3 is 2.51 bits per heavy atom. The summed E-state index contributed by atoms with van der Waals surface area (Å²) < 4.78 is 0. The van der Waals surface area contributed by atoms with Crippen molar-refractivity contribution >= 4 is 34.5 Å². The van der Waals surface area contributed by atoms with Gasteiger partial charge in [0.2, 0.25) is 11.8 Å². The van der Waals surface area contributed by atoms with Gasteiger partial charge in [0.05, 0.1) is 18.0 Å². The highest BCUT2D eigenvalue weighted by molar-refractivity contribution is 5.99. The smallest absolute Gasteiger partial charge is 0.359 e. The minimum Gasteiger partial charge on any atom is -0.628 e. The van der Waals surface area contributed by atoms with Gasteiger partial charge in [-0.05, 0) is 17.7 Å². The summed E-state index contributed by atoms with van der Waals surface area (Å²) in [4.78, 5) is 54.6. The molecular weight excluding hydrogens is 480 g/mol. The van der Waals surface area contributed by atoms with E-state index in [0.29, 0.717) is 11.1 Å². The average molecular weight is 507 g/mol. The lowest BCUT2D eigenvalue weighted by molar-refractivity contribution is -0.510. The van der Waals surface area contributed by atoms with E-state index in [4.69, 9.17) is 5.73 Å². The van der Waals surface area contributed by atoms with Gasteiger partial charge in [0, 0.05) is 17.8 Å². The number of nitrogens with zero attached hydrogens (tertiary/aromatic N) is 1. The molecule has 1 fully saturated rings. The zero-order chi connectivity index (χ0) is 26.6. The number of fused-ring (bicyclic) bond motifs is 1. The predicted octanol–water partition coefficient (Wildman–Crippen LogP) is -1.64. The zero-order valence-electron chi connectivity index (χ0n) is 19.6. The predicted molar refractivity (Wildman–Crippen MR) is 131 cm³/mol. The van der Waals surface area contributed by atoms with Crippen molar-refractivity contribution in [2.24, 2.45) is 5.73 Å². The molecule has 4 atom stereocenters. The number of pyridine rings is 1. The van der Waals surface area contributed by atoms with Gasteiger partial charge in [-0.3, -0.25) is 19.7 Å². The number of amides is 4. The number of rotatable bonds is 8. The fourth-order valence-corrected chi connectivity index (χ4v) is 4.42. The van der Waals surface area contributed by atoms with Crippen molar-refractivity contribution in [3.63, 3.8) is 0 Å². The van der Waals surface area contributed by atoms with Crippen molar-refractivity contribution in [2.45, 2.75) is 30.1 Å². The van der Waals surface area contributed by atoms with Crippen LogP contribution in [0.1, 0.15) is 28.4 Å². The number of benzene rings is 2. The second-order valence-corrected chi connectivity index (χ2v) is 8.72. The van der Waals surface area contributed by atoms with Gasteiger partial charge in [-0.15, -0.1) is 0 Å². The van der Waals surface area contributed by atoms with Crippen LogP contribution in [0, 0.1) is 5.21 Å². The summed E-state index contributed by atoms with van der Waals surface area (Å²) in [5, 5.41) is 30.7. The van der Waals surface area contributed by atoms with Crippen molar-refractivity contribution < 1.29 is 29.8 Å². The van der Waals surface area contributed by atoms with Gasteiger partial charge in [0.1, 0.15) is 11.7 Å². The van der Waals surface area contributed by atoms with E-state index in [1.54, 1.807) is 48.5 Å². The number of hydrogen-bond acceptors (Lipinski definition) is 8.